The molecule has 2 N–H and O–H groups in total. The topological polar surface area (TPSA) is 65.5 Å². The van der Waals surface area contributed by atoms with E-state index in [0.29, 0.717) is 5.56 Å². The van der Waals surface area contributed by atoms with Crippen molar-refractivity contribution < 1.29 is 9.90 Å². The third-order valence-corrected chi connectivity index (χ3v) is 3.50. The number of pyridine rings is 1. The lowest BCUT2D eigenvalue weighted by Crippen LogP contribution is -2.38. The molecule has 0 atom stereocenters. The van der Waals surface area contributed by atoms with Crippen molar-refractivity contribution in [2.45, 2.75) is 37.8 Å². The van der Waals surface area contributed by atoms with Gasteiger partial charge in [0.05, 0.1) is 11.7 Å². The number of carbonyl (C=O) groups is 1. The predicted octanol–water partition coefficient (Wildman–Crippen LogP) is 1.18. The Morgan fingerprint density at radius 2 is 2.00 bits per heavy atom. The number of hydrogen-bond acceptors (Lipinski definition) is 4. The Labute approximate surface area is 113 Å². The summed E-state index contributed by atoms with van der Waals surface area (Å²) in [5.41, 5.74) is 0.580. The lowest BCUT2D eigenvalue weighted by Gasteiger charge is -2.26. The van der Waals surface area contributed by atoms with Crippen LogP contribution in [-0.2, 0) is 0 Å². The Morgan fingerprint density at radius 3 is 2.53 bits per heavy atom. The SMILES string of the molecule is CN(C)c1ccc(C(=O)NC2CCC(O)CC2)cn1. The fourth-order valence-electron chi connectivity index (χ4n) is 2.27. The standard InChI is InChI=1S/C14H21N3O2/c1-17(2)13-8-3-10(9-15-13)14(19)16-11-4-6-12(18)7-5-11/h3,8-9,11-12,18H,4-7H2,1-2H3,(H,16,19). The van der Waals surface area contributed by atoms with Crippen molar-refractivity contribution in [2.24, 2.45) is 0 Å². The zero-order valence-electron chi connectivity index (χ0n) is 11.5. The Kier molecular flexibility index (Phi) is 4.37. The largest absolute Gasteiger partial charge is 0.393 e. The van der Waals surface area contributed by atoms with Crippen molar-refractivity contribution in [3.05, 3.63) is 23.9 Å². The van der Waals surface area contributed by atoms with Gasteiger partial charge in [0.1, 0.15) is 5.82 Å². The van der Waals surface area contributed by atoms with E-state index < -0.39 is 0 Å². The van der Waals surface area contributed by atoms with Gasteiger partial charge in [-0.15, -0.1) is 0 Å². The Hall–Kier alpha value is -1.62. The number of carbonyl (C=O) groups excluding carboxylic acids is 1. The molecular weight excluding hydrogens is 242 g/mol. The third-order valence-electron chi connectivity index (χ3n) is 3.50. The van der Waals surface area contributed by atoms with Gasteiger partial charge in [-0.1, -0.05) is 0 Å². The van der Waals surface area contributed by atoms with Crippen LogP contribution in [0.25, 0.3) is 0 Å². The van der Waals surface area contributed by atoms with Crippen LogP contribution in [-0.4, -0.2) is 42.2 Å². The lowest BCUT2D eigenvalue weighted by atomic mass is 9.93. The molecule has 5 heteroatoms. The van der Waals surface area contributed by atoms with E-state index >= 15 is 0 Å². The smallest absolute Gasteiger partial charge is 0.253 e. The van der Waals surface area contributed by atoms with Crippen LogP contribution >= 0.6 is 0 Å². The van der Waals surface area contributed by atoms with Crippen molar-refractivity contribution in [3.63, 3.8) is 0 Å². The molecule has 2 rings (SSSR count). The predicted molar refractivity (Wildman–Crippen MR) is 74.3 cm³/mol. The summed E-state index contributed by atoms with van der Waals surface area (Å²) in [5, 5.41) is 12.4. The third kappa shape index (κ3) is 3.67. The van der Waals surface area contributed by atoms with Crippen LogP contribution < -0.4 is 10.2 Å². The molecule has 1 saturated carbocycles. The van der Waals surface area contributed by atoms with Gasteiger partial charge in [-0.2, -0.15) is 0 Å². The van der Waals surface area contributed by atoms with E-state index in [2.05, 4.69) is 10.3 Å². The van der Waals surface area contributed by atoms with E-state index in [1.807, 2.05) is 25.1 Å². The van der Waals surface area contributed by atoms with Crippen LogP contribution in [0, 0.1) is 0 Å². The molecule has 1 heterocycles. The summed E-state index contributed by atoms with van der Waals surface area (Å²) in [4.78, 5) is 18.2. The monoisotopic (exact) mass is 263 g/mol. The van der Waals surface area contributed by atoms with Gasteiger partial charge in [-0.3, -0.25) is 4.79 Å². The number of amides is 1. The highest BCUT2D eigenvalue weighted by Gasteiger charge is 2.21. The minimum absolute atomic E-state index is 0.0841. The molecule has 104 valence electrons. The second kappa shape index (κ2) is 6.02. The number of nitrogens with one attached hydrogen (secondary N) is 1. The molecule has 0 radical (unpaired) electrons. The fourth-order valence-corrected chi connectivity index (χ4v) is 2.27. The molecule has 1 aromatic rings. The molecular formula is C14H21N3O2. The van der Waals surface area contributed by atoms with E-state index in [1.165, 1.54) is 0 Å². The highest BCUT2D eigenvalue weighted by Crippen LogP contribution is 2.18. The summed E-state index contributed by atoms with van der Waals surface area (Å²) < 4.78 is 0. The summed E-state index contributed by atoms with van der Waals surface area (Å²) in [6, 6.07) is 3.79. The molecule has 0 aromatic carbocycles. The number of aromatic nitrogens is 1. The van der Waals surface area contributed by atoms with Gasteiger partial charge in [-0.25, -0.2) is 4.98 Å². The van der Waals surface area contributed by atoms with Crippen LogP contribution in [0.2, 0.25) is 0 Å². The van der Waals surface area contributed by atoms with Crippen LogP contribution in [0.3, 0.4) is 0 Å². The summed E-state index contributed by atoms with van der Waals surface area (Å²) >= 11 is 0. The van der Waals surface area contributed by atoms with Gasteiger partial charge < -0.3 is 15.3 Å². The normalized spacial score (nSPS) is 22.9. The first-order valence-electron chi connectivity index (χ1n) is 6.68. The second-order valence-electron chi connectivity index (χ2n) is 5.28. The Bertz CT molecular complexity index is 423. The van der Waals surface area contributed by atoms with Crippen molar-refractivity contribution in [3.8, 4) is 0 Å². The average Bonchev–Trinajstić information content (AvgIpc) is 2.41. The molecule has 1 fully saturated rings. The summed E-state index contributed by atoms with van der Waals surface area (Å²) in [5.74, 6) is 0.747. The molecule has 0 unspecified atom stereocenters. The molecule has 19 heavy (non-hydrogen) atoms. The van der Waals surface area contributed by atoms with Crippen molar-refractivity contribution in [2.75, 3.05) is 19.0 Å². The first-order chi connectivity index (χ1) is 9.06. The van der Waals surface area contributed by atoms with Crippen LogP contribution in [0.4, 0.5) is 5.82 Å². The van der Waals surface area contributed by atoms with Gasteiger partial charge in [0.25, 0.3) is 5.91 Å². The molecule has 1 aliphatic rings. The first-order valence-corrected chi connectivity index (χ1v) is 6.68. The summed E-state index contributed by atoms with van der Waals surface area (Å²) in [6.45, 7) is 0. The molecule has 0 spiro atoms. The van der Waals surface area contributed by atoms with E-state index in [4.69, 9.17) is 0 Å². The number of aliphatic hydroxyl groups is 1. The molecule has 1 aromatic heterocycles. The molecule has 0 bridgehead atoms. The molecule has 1 amide bonds. The van der Waals surface area contributed by atoms with Crippen molar-refractivity contribution in [1.82, 2.24) is 10.3 Å². The zero-order chi connectivity index (χ0) is 13.8. The van der Waals surface area contributed by atoms with Crippen LogP contribution in [0.5, 0.6) is 0 Å². The Morgan fingerprint density at radius 1 is 1.32 bits per heavy atom. The second-order valence-corrected chi connectivity index (χ2v) is 5.28. The highest BCUT2D eigenvalue weighted by atomic mass is 16.3. The van der Waals surface area contributed by atoms with Gasteiger partial charge in [0.15, 0.2) is 0 Å². The number of anilines is 1. The Balaban J connectivity index is 1.92. The fraction of sp³-hybridized carbons (Fsp3) is 0.571. The number of hydrogen-bond donors (Lipinski definition) is 2. The molecule has 5 nitrogen and oxygen atoms in total. The number of aliphatic hydroxyl groups excluding tert-OH is 1. The van der Waals surface area contributed by atoms with Gasteiger partial charge in [0, 0.05) is 26.3 Å². The van der Waals surface area contributed by atoms with Crippen molar-refractivity contribution >= 4 is 11.7 Å². The maximum atomic E-state index is 12.0. The van der Waals surface area contributed by atoms with Crippen LogP contribution in [0.1, 0.15) is 36.0 Å². The lowest BCUT2D eigenvalue weighted by molar-refractivity contribution is 0.0867. The van der Waals surface area contributed by atoms with Crippen molar-refractivity contribution in [1.29, 1.82) is 0 Å². The maximum Gasteiger partial charge on any atom is 0.253 e. The zero-order valence-corrected chi connectivity index (χ0v) is 11.5. The van der Waals surface area contributed by atoms with Gasteiger partial charge in [-0.05, 0) is 37.8 Å². The summed E-state index contributed by atoms with van der Waals surface area (Å²) in [7, 11) is 3.82. The summed E-state index contributed by atoms with van der Waals surface area (Å²) in [6.07, 6.45) is 4.62. The minimum Gasteiger partial charge on any atom is -0.393 e. The number of rotatable bonds is 3. The minimum atomic E-state index is -0.200. The average molecular weight is 263 g/mol. The number of nitrogens with zero attached hydrogens (tertiary/aromatic N) is 2. The maximum absolute atomic E-state index is 12.0. The quantitative estimate of drug-likeness (QED) is 0.859. The molecule has 1 aliphatic carbocycles. The van der Waals surface area contributed by atoms with E-state index in [0.717, 1.165) is 31.5 Å². The van der Waals surface area contributed by atoms with Gasteiger partial charge >= 0.3 is 0 Å². The molecule has 0 aliphatic heterocycles. The highest BCUT2D eigenvalue weighted by molar-refractivity contribution is 5.94. The molecule has 0 saturated heterocycles. The van der Waals surface area contributed by atoms with E-state index in [1.54, 1.807) is 12.3 Å². The van der Waals surface area contributed by atoms with Crippen LogP contribution in [0.15, 0.2) is 18.3 Å². The van der Waals surface area contributed by atoms with E-state index in [9.17, 15) is 9.90 Å². The first kappa shape index (κ1) is 13.8. The van der Waals surface area contributed by atoms with E-state index in [-0.39, 0.29) is 18.1 Å². The van der Waals surface area contributed by atoms with Gasteiger partial charge in [0.2, 0.25) is 0 Å².